The molecule has 0 spiro atoms. The maximum absolute atomic E-state index is 5.63. The summed E-state index contributed by atoms with van der Waals surface area (Å²) in [6.45, 7) is 4.51. The van der Waals surface area contributed by atoms with E-state index in [-0.39, 0.29) is 0 Å². The molecule has 1 aromatic carbocycles. The van der Waals surface area contributed by atoms with Crippen molar-refractivity contribution in [1.29, 1.82) is 0 Å². The Hall–Kier alpha value is -1.48. The lowest BCUT2D eigenvalue weighted by atomic mass is 10.3. The predicted molar refractivity (Wildman–Crippen MR) is 70.8 cm³/mol. The molecule has 0 aliphatic heterocycles. The van der Waals surface area contributed by atoms with Gasteiger partial charge >= 0.3 is 0 Å². The van der Waals surface area contributed by atoms with Crippen LogP contribution in [0.15, 0.2) is 36.4 Å². The standard InChI is InChI=1S/C14H21NO2/c1-3-4-7-10-15-11-12-17-14-9-6-5-8-13(14)16-2/h3-6,8-9,15H,7,10-12H2,1-2H3/b4-3+. The summed E-state index contributed by atoms with van der Waals surface area (Å²) in [7, 11) is 1.65. The van der Waals surface area contributed by atoms with E-state index in [9.17, 15) is 0 Å². The van der Waals surface area contributed by atoms with Crippen molar-refractivity contribution in [2.45, 2.75) is 13.3 Å². The summed E-state index contributed by atoms with van der Waals surface area (Å²) < 4.78 is 10.8. The van der Waals surface area contributed by atoms with Crippen LogP contribution >= 0.6 is 0 Å². The molecule has 0 bridgehead atoms. The van der Waals surface area contributed by atoms with E-state index in [1.807, 2.05) is 31.2 Å². The molecule has 94 valence electrons. The molecule has 3 heteroatoms. The number of nitrogens with one attached hydrogen (secondary N) is 1. The van der Waals surface area contributed by atoms with Gasteiger partial charge in [0.15, 0.2) is 11.5 Å². The molecular formula is C14H21NO2. The maximum Gasteiger partial charge on any atom is 0.161 e. The van der Waals surface area contributed by atoms with E-state index in [4.69, 9.17) is 9.47 Å². The zero-order valence-electron chi connectivity index (χ0n) is 10.6. The fourth-order valence-corrected chi connectivity index (χ4v) is 1.45. The number of ether oxygens (including phenoxy) is 2. The number of hydrogen-bond donors (Lipinski definition) is 1. The number of rotatable bonds is 8. The molecule has 0 aromatic heterocycles. The lowest BCUT2D eigenvalue weighted by Gasteiger charge is -2.10. The zero-order chi connectivity index (χ0) is 12.3. The largest absolute Gasteiger partial charge is 0.493 e. The summed E-state index contributed by atoms with van der Waals surface area (Å²) in [6.07, 6.45) is 5.27. The monoisotopic (exact) mass is 235 g/mol. The summed E-state index contributed by atoms with van der Waals surface area (Å²) in [6, 6.07) is 7.69. The van der Waals surface area contributed by atoms with Gasteiger partial charge in [0.1, 0.15) is 6.61 Å². The van der Waals surface area contributed by atoms with Gasteiger partial charge in [-0.25, -0.2) is 0 Å². The lowest BCUT2D eigenvalue weighted by Crippen LogP contribution is -2.21. The minimum Gasteiger partial charge on any atom is -0.493 e. The highest BCUT2D eigenvalue weighted by atomic mass is 16.5. The molecule has 1 aromatic rings. The molecule has 0 heterocycles. The van der Waals surface area contributed by atoms with Crippen LogP contribution in [0, 0.1) is 0 Å². The van der Waals surface area contributed by atoms with Gasteiger partial charge < -0.3 is 14.8 Å². The van der Waals surface area contributed by atoms with Crippen LogP contribution in [0.5, 0.6) is 11.5 Å². The smallest absolute Gasteiger partial charge is 0.161 e. The van der Waals surface area contributed by atoms with Crippen LogP contribution in [0.3, 0.4) is 0 Å². The summed E-state index contributed by atoms with van der Waals surface area (Å²) in [4.78, 5) is 0. The Kier molecular flexibility index (Phi) is 6.91. The topological polar surface area (TPSA) is 30.5 Å². The molecule has 0 fully saturated rings. The lowest BCUT2D eigenvalue weighted by molar-refractivity contribution is 0.293. The molecule has 1 rings (SSSR count). The Morgan fingerprint density at radius 3 is 2.65 bits per heavy atom. The average Bonchev–Trinajstić information content (AvgIpc) is 2.38. The van der Waals surface area contributed by atoms with E-state index in [0.29, 0.717) is 6.61 Å². The zero-order valence-corrected chi connectivity index (χ0v) is 10.6. The molecule has 0 atom stereocenters. The predicted octanol–water partition coefficient (Wildman–Crippen LogP) is 2.63. The summed E-state index contributed by atoms with van der Waals surface area (Å²) in [5, 5.41) is 3.31. The molecule has 0 amide bonds. The van der Waals surface area contributed by atoms with Gasteiger partial charge in [-0.15, -0.1) is 0 Å². The Labute approximate surface area is 103 Å². The quantitative estimate of drug-likeness (QED) is 0.555. The molecule has 17 heavy (non-hydrogen) atoms. The first-order valence-electron chi connectivity index (χ1n) is 5.96. The van der Waals surface area contributed by atoms with E-state index >= 15 is 0 Å². The van der Waals surface area contributed by atoms with Gasteiger partial charge in [0.05, 0.1) is 7.11 Å². The third-order valence-electron chi connectivity index (χ3n) is 2.33. The highest BCUT2D eigenvalue weighted by Crippen LogP contribution is 2.25. The van der Waals surface area contributed by atoms with Crippen LogP contribution in [-0.2, 0) is 0 Å². The van der Waals surface area contributed by atoms with Crippen LogP contribution < -0.4 is 14.8 Å². The van der Waals surface area contributed by atoms with Crippen LogP contribution in [0.2, 0.25) is 0 Å². The van der Waals surface area contributed by atoms with E-state index < -0.39 is 0 Å². The van der Waals surface area contributed by atoms with Gasteiger partial charge in [0.25, 0.3) is 0 Å². The van der Waals surface area contributed by atoms with Crippen molar-refractivity contribution in [3.05, 3.63) is 36.4 Å². The van der Waals surface area contributed by atoms with E-state index in [0.717, 1.165) is 31.0 Å². The molecular weight excluding hydrogens is 214 g/mol. The molecule has 0 radical (unpaired) electrons. The Bertz CT molecular complexity index is 337. The van der Waals surface area contributed by atoms with Crippen LogP contribution in [-0.4, -0.2) is 26.8 Å². The second kappa shape index (κ2) is 8.65. The van der Waals surface area contributed by atoms with Crippen LogP contribution in [0.4, 0.5) is 0 Å². The van der Waals surface area contributed by atoms with E-state index in [1.54, 1.807) is 7.11 Å². The first kappa shape index (κ1) is 13.6. The van der Waals surface area contributed by atoms with Crippen LogP contribution in [0.25, 0.3) is 0 Å². The van der Waals surface area contributed by atoms with Crippen molar-refractivity contribution >= 4 is 0 Å². The molecule has 1 N–H and O–H groups in total. The highest BCUT2D eigenvalue weighted by Gasteiger charge is 2.00. The van der Waals surface area contributed by atoms with E-state index in [1.165, 1.54) is 0 Å². The van der Waals surface area contributed by atoms with Crippen molar-refractivity contribution in [2.24, 2.45) is 0 Å². The number of allylic oxidation sites excluding steroid dienone is 1. The minimum atomic E-state index is 0.649. The first-order valence-corrected chi connectivity index (χ1v) is 5.96. The van der Waals surface area contributed by atoms with Crippen molar-refractivity contribution in [3.63, 3.8) is 0 Å². The SMILES string of the molecule is C/C=C/CCNCCOc1ccccc1OC. The van der Waals surface area contributed by atoms with E-state index in [2.05, 4.69) is 17.5 Å². The fourth-order valence-electron chi connectivity index (χ4n) is 1.45. The summed E-state index contributed by atoms with van der Waals surface area (Å²) in [5.41, 5.74) is 0. The molecule has 0 saturated carbocycles. The van der Waals surface area contributed by atoms with Gasteiger partial charge in [0, 0.05) is 6.54 Å². The first-order chi connectivity index (χ1) is 8.38. The Balaban J connectivity index is 2.17. The number of methoxy groups -OCH3 is 1. The fraction of sp³-hybridized carbons (Fsp3) is 0.429. The molecule has 0 aliphatic carbocycles. The molecule has 0 unspecified atom stereocenters. The van der Waals surface area contributed by atoms with Crippen molar-refractivity contribution < 1.29 is 9.47 Å². The van der Waals surface area contributed by atoms with Gasteiger partial charge in [-0.1, -0.05) is 24.3 Å². The normalized spacial score (nSPS) is 10.7. The molecule has 3 nitrogen and oxygen atoms in total. The van der Waals surface area contributed by atoms with Crippen molar-refractivity contribution in [3.8, 4) is 11.5 Å². The average molecular weight is 235 g/mol. The maximum atomic E-state index is 5.63. The molecule has 0 aliphatic rings. The number of benzene rings is 1. The highest BCUT2D eigenvalue weighted by molar-refractivity contribution is 5.39. The summed E-state index contributed by atoms with van der Waals surface area (Å²) >= 11 is 0. The second-order valence-electron chi connectivity index (χ2n) is 3.61. The van der Waals surface area contributed by atoms with Gasteiger partial charge in [-0.3, -0.25) is 0 Å². The van der Waals surface area contributed by atoms with Gasteiger partial charge in [0.2, 0.25) is 0 Å². The number of hydrogen-bond acceptors (Lipinski definition) is 3. The second-order valence-corrected chi connectivity index (χ2v) is 3.61. The third-order valence-corrected chi connectivity index (χ3v) is 2.33. The third kappa shape index (κ3) is 5.41. The Morgan fingerprint density at radius 2 is 1.94 bits per heavy atom. The van der Waals surface area contributed by atoms with Gasteiger partial charge in [-0.2, -0.15) is 0 Å². The molecule has 0 saturated heterocycles. The van der Waals surface area contributed by atoms with Gasteiger partial charge in [-0.05, 0) is 32.0 Å². The van der Waals surface area contributed by atoms with Crippen LogP contribution in [0.1, 0.15) is 13.3 Å². The van der Waals surface area contributed by atoms with Crippen molar-refractivity contribution in [2.75, 3.05) is 26.8 Å². The number of para-hydroxylation sites is 2. The van der Waals surface area contributed by atoms with Crippen molar-refractivity contribution in [1.82, 2.24) is 5.32 Å². The minimum absolute atomic E-state index is 0.649. The Morgan fingerprint density at radius 1 is 1.18 bits per heavy atom. The summed E-state index contributed by atoms with van der Waals surface area (Å²) in [5.74, 6) is 1.58.